The van der Waals surface area contributed by atoms with Crippen molar-refractivity contribution in [2.45, 2.75) is 39.3 Å². The minimum Gasteiger partial charge on any atom is -0.444 e. The van der Waals surface area contributed by atoms with E-state index < -0.39 is 5.60 Å². The molecule has 2 heterocycles. The number of rotatable bonds is 4. The minimum absolute atomic E-state index is 0.224. The van der Waals surface area contributed by atoms with Crippen LogP contribution in [0, 0.1) is 5.92 Å². The van der Waals surface area contributed by atoms with Crippen molar-refractivity contribution >= 4 is 17.7 Å². The van der Waals surface area contributed by atoms with Gasteiger partial charge >= 0.3 is 6.09 Å². The molecule has 0 aliphatic carbocycles. The van der Waals surface area contributed by atoms with E-state index in [1.165, 1.54) is 0 Å². The quantitative estimate of drug-likeness (QED) is 0.920. The summed E-state index contributed by atoms with van der Waals surface area (Å²) < 4.78 is 5.39. The molecule has 1 fully saturated rings. The molecule has 1 aliphatic rings. The standard InChI is InChI=1S/C15H23ClN4O2/c1-15(2,3)22-14(21)20-7-6-11(10-20)8-17-9-12-4-5-13(16)19-18-12/h4-5,11,17H,6-10H2,1-3H3/t11-/m1/s1. The zero-order valence-corrected chi connectivity index (χ0v) is 14.1. The van der Waals surface area contributed by atoms with Crippen LogP contribution in [0.25, 0.3) is 0 Å². The van der Waals surface area contributed by atoms with Crippen LogP contribution in [0.1, 0.15) is 32.9 Å². The number of nitrogens with zero attached hydrogens (tertiary/aromatic N) is 3. The van der Waals surface area contributed by atoms with Crippen LogP contribution in [-0.2, 0) is 11.3 Å². The fourth-order valence-electron chi connectivity index (χ4n) is 2.33. The van der Waals surface area contributed by atoms with Crippen LogP contribution in [0.5, 0.6) is 0 Å². The number of amides is 1. The van der Waals surface area contributed by atoms with Gasteiger partial charge in [-0.15, -0.1) is 5.10 Å². The molecule has 1 aromatic rings. The average molecular weight is 327 g/mol. The first-order valence-corrected chi connectivity index (χ1v) is 7.88. The van der Waals surface area contributed by atoms with Gasteiger partial charge in [0.1, 0.15) is 5.60 Å². The molecule has 1 aliphatic heterocycles. The fourth-order valence-corrected chi connectivity index (χ4v) is 2.43. The third kappa shape index (κ3) is 5.42. The van der Waals surface area contributed by atoms with Gasteiger partial charge in [-0.2, -0.15) is 5.10 Å². The van der Waals surface area contributed by atoms with Crippen LogP contribution < -0.4 is 5.32 Å². The highest BCUT2D eigenvalue weighted by Gasteiger charge is 2.29. The molecule has 1 N–H and O–H groups in total. The second-order valence-electron chi connectivity index (χ2n) is 6.56. The summed E-state index contributed by atoms with van der Waals surface area (Å²) in [7, 11) is 0. The molecule has 122 valence electrons. The molecule has 2 rings (SSSR count). The molecule has 0 radical (unpaired) electrons. The van der Waals surface area contributed by atoms with E-state index in [2.05, 4.69) is 15.5 Å². The Morgan fingerprint density at radius 2 is 2.23 bits per heavy atom. The molecule has 0 saturated carbocycles. The van der Waals surface area contributed by atoms with Crippen molar-refractivity contribution in [2.75, 3.05) is 19.6 Å². The second-order valence-corrected chi connectivity index (χ2v) is 6.95. The monoisotopic (exact) mass is 326 g/mol. The van der Waals surface area contributed by atoms with Gasteiger partial charge in [-0.3, -0.25) is 0 Å². The predicted octanol–water partition coefficient (Wildman–Crippen LogP) is 2.48. The Labute approximate surface area is 136 Å². The smallest absolute Gasteiger partial charge is 0.410 e. The van der Waals surface area contributed by atoms with E-state index in [-0.39, 0.29) is 6.09 Å². The van der Waals surface area contributed by atoms with E-state index in [4.69, 9.17) is 16.3 Å². The number of aromatic nitrogens is 2. The highest BCUT2D eigenvalue weighted by Crippen LogP contribution is 2.19. The third-order valence-electron chi connectivity index (χ3n) is 3.36. The van der Waals surface area contributed by atoms with Crippen molar-refractivity contribution in [2.24, 2.45) is 5.92 Å². The van der Waals surface area contributed by atoms with E-state index >= 15 is 0 Å². The molecule has 1 saturated heterocycles. The number of hydrogen-bond acceptors (Lipinski definition) is 5. The lowest BCUT2D eigenvalue weighted by atomic mass is 10.1. The maximum absolute atomic E-state index is 12.0. The van der Waals surface area contributed by atoms with Crippen LogP contribution in [0.3, 0.4) is 0 Å². The number of carbonyl (C=O) groups is 1. The number of hydrogen-bond donors (Lipinski definition) is 1. The van der Waals surface area contributed by atoms with Gasteiger partial charge in [-0.1, -0.05) is 11.6 Å². The molecule has 1 amide bonds. The van der Waals surface area contributed by atoms with Crippen molar-refractivity contribution < 1.29 is 9.53 Å². The summed E-state index contributed by atoms with van der Waals surface area (Å²) in [6, 6.07) is 3.58. The minimum atomic E-state index is -0.444. The zero-order chi connectivity index (χ0) is 16.2. The molecule has 0 bridgehead atoms. The summed E-state index contributed by atoms with van der Waals surface area (Å²) in [5.41, 5.74) is 0.409. The molecule has 0 aromatic carbocycles. The van der Waals surface area contributed by atoms with Gasteiger partial charge in [0.05, 0.1) is 5.69 Å². The molecule has 0 unspecified atom stereocenters. The van der Waals surface area contributed by atoms with Crippen molar-refractivity contribution in [1.29, 1.82) is 0 Å². The topological polar surface area (TPSA) is 67.3 Å². The van der Waals surface area contributed by atoms with Gasteiger partial charge in [-0.25, -0.2) is 4.79 Å². The summed E-state index contributed by atoms with van der Waals surface area (Å²) in [5.74, 6) is 0.438. The maximum atomic E-state index is 12.0. The highest BCUT2D eigenvalue weighted by molar-refractivity contribution is 6.29. The number of carbonyl (C=O) groups excluding carboxylic acids is 1. The van der Waals surface area contributed by atoms with Crippen molar-refractivity contribution in [1.82, 2.24) is 20.4 Å². The number of nitrogens with one attached hydrogen (secondary N) is 1. The molecule has 1 aromatic heterocycles. The largest absolute Gasteiger partial charge is 0.444 e. The Morgan fingerprint density at radius 3 is 2.86 bits per heavy atom. The van der Waals surface area contributed by atoms with Crippen LogP contribution in [-0.4, -0.2) is 46.4 Å². The molecular formula is C15H23ClN4O2. The Morgan fingerprint density at radius 1 is 1.45 bits per heavy atom. The van der Waals surface area contributed by atoms with E-state index in [9.17, 15) is 4.79 Å². The zero-order valence-electron chi connectivity index (χ0n) is 13.3. The van der Waals surface area contributed by atoms with E-state index in [1.807, 2.05) is 26.8 Å². The average Bonchev–Trinajstić information content (AvgIpc) is 2.88. The van der Waals surface area contributed by atoms with E-state index in [0.29, 0.717) is 17.6 Å². The molecule has 22 heavy (non-hydrogen) atoms. The first-order chi connectivity index (χ1) is 10.3. The second kappa shape index (κ2) is 7.24. The lowest BCUT2D eigenvalue weighted by molar-refractivity contribution is 0.0288. The third-order valence-corrected chi connectivity index (χ3v) is 3.57. The van der Waals surface area contributed by atoms with Gasteiger partial charge in [0, 0.05) is 26.2 Å². The molecule has 0 spiro atoms. The SMILES string of the molecule is CC(C)(C)OC(=O)N1CC[C@H](CNCc2ccc(Cl)nn2)C1. The fraction of sp³-hybridized carbons (Fsp3) is 0.667. The first kappa shape index (κ1) is 17.0. The summed E-state index contributed by atoms with van der Waals surface area (Å²) >= 11 is 5.70. The van der Waals surface area contributed by atoms with Crippen LogP contribution in [0.15, 0.2) is 12.1 Å². The molecule has 6 nitrogen and oxygen atoms in total. The number of likely N-dealkylation sites (tertiary alicyclic amines) is 1. The van der Waals surface area contributed by atoms with E-state index in [0.717, 1.165) is 31.7 Å². The summed E-state index contributed by atoms with van der Waals surface area (Å²) in [5, 5.41) is 11.5. The molecular weight excluding hydrogens is 304 g/mol. The van der Waals surface area contributed by atoms with Crippen LogP contribution in [0.2, 0.25) is 5.15 Å². The Balaban J connectivity index is 1.70. The Hall–Kier alpha value is -1.40. The highest BCUT2D eigenvalue weighted by atomic mass is 35.5. The Bertz CT molecular complexity index is 501. The van der Waals surface area contributed by atoms with Crippen molar-refractivity contribution in [3.63, 3.8) is 0 Å². The van der Waals surface area contributed by atoms with Crippen LogP contribution in [0.4, 0.5) is 4.79 Å². The lowest BCUT2D eigenvalue weighted by Crippen LogP contribution is -2.36. The van der Waals surface area contributed by atoms with Gasteiger partial charge in [0.15, 0.2) is 5.15 Å². The van der Waals surface area contributed by atoms with Gasteiger partial charge < -0.3 is 15.0 Å². The summed E-state index contributed by atoms with van der Waals surface area (Å²) in [6.45, 7) is 8.61. The molecule has 7 heteroatoms. The van der Waals surface area contributed by atoms with Gasteiger partial charge in [0.25, 0.3) is 0 Å². The summed E-state index contributed by atoms with van der Waals surface area (Å²) in [6.07, 6.45) is 0.761. The normalized spacial score (nSPS) is 18.5. The van der Waals surface area contributed by atoms with Crippen molar-refractivity contribution in [3.8, 4) is 0 Å². The predicted molar refractivity (Wildman–Crippen MR) is 84.7 cm³/mol. The Kier molecular flexibility index (Phi) is 5.58. The maximum Gasteiger partial charge on any atom is 0.410 e. The van der Waals surface area contributed by atoms with Crippen molar-refractivity contribution in [3.05, 3.63) is 23.0 Å². The van der Waals surface area contributed by atoms with Gasteiger partial charge in [0.2, 0.25) is 0 Å². The first-order valence-electron chi connectivity index (χ1n) is 7.50. The number of halogens is 1. The summed E-state index contributed by atoms with van der Waals surface area (Å²) in [4.78, 5) is 13.8. The van der Waals surface area contributed by atoms with E-state index in [1.54, 1.807) is 11.0 Å². The molecule has 1 atom stereocenters. The van der Waals surface area contributed by atoms with Crippen LogP contribution >= 0.6 is 11.6 Å². The van der Waals surface area contributed by atoms with Gasteiger partial charge in [-0.05, 0) is 45.2 Å². The number of ether oxygens (including phenoxy) is 1. The lowest BCUT2D eigenvalue weighted by Gasteiger charge is -2.24.